The third kappa shape index (κ3) is 3.97. The predicted molar refractivity (Wildman–Crippen MR) is 86.8 cm³/mol. The molecule has 1 aliphatic carbocycles. The molecule has 0 aliphatic heterocycles. The fraction of sp³-hybridized carbons (Fsp3) is 0.600. The molecule has 1 aromatic rings. The number of hydrogen-bond acceptors (Lipinski definition) is 4. The van der Waals surface area contributed by atoms with Gasteiger partial charge >= 0.3 is 0 Å². The lowest BCUT2D eigenvalue weighted by Crippen LogP contribution is -2.38. The molecule has 21 heavy (non-hydrogen) atoms. The maximum absolute atomic E-state index is 11.8. The van der Waals surface area contributed by atoms with Crippen molar-refractivity contribution in [1.29, 1.82) is 0 Å². The van der Waals surface area contributed by atoms with Crippen LogP contribution in [0.5, 0.6) is 0 Å². The fourth-order valence-electron chi connectivity index (χ4n) is 3.24. The van der Waals surface area contributed by atoms with E-state index >= 15 is 0 Å². The van der Waals surface area contributed by atoms with E-state index in [-0.39, 0.29) is 17.2 Å². The molecule has 2 rings (SSSR count). The van der Waals surface area contributed by atoms with Crippen LogP contribution in [0.2, 0.25) is 5.02 Å². The Morgan fingerprint density at radius 2 is 2.10 bits per heavy atom. The van der Waals surface area contributed by atoms with Gasteiger partial charge < -0.3 is 0 Å². The molecule has 0 radical (unpaired) electrons. The summed E-state index contributed by atoms with van der Waals surface area (Å²) in [5.41, 5.74) is 4.94. The highest BCUT2D eigenvalue weighted by atomic mass is 35.5. The molecule has 0 amide bonds. The molecule has 0 spiro atoms. The Morgan fingerprint density at radius 1 is 1.38 bits per heavy atom. The zero-order valence-electron chi connectivity index (χ0n) is 12.5. The normalized spacial score (nSPS) is 24.8. The molecule has 118 valence electrons. The Morgan fingerprint density at radius 3 is 2.67 bits per heavy atom. The van der Waals surface area contributed by atoms with E-state index in [2.05, 4.69) is 5.43 Å². The number of rotatable bonds is 4. The second-order valence-corrected chi connectivity index (χ2v) is 8.76. The van der Waals surface area contributed by atoms with Crippen molar-refractivity contribution in [3.63, 3.8) is 0 Å². The van der Waals surface area contributed by atoms with Crippen LogP contribution >= 0.6 is 11.6 Å². The molecular formula is C15H23ClN2O2S. The molecule has 3 atom stereocenters. The second-order valence-electron chi connectivity index (χ2n) is 6.03. The third-order valence-electron chi connectivity index (χ3n) is 4.46. The van der Waals surface area contributed by atoms with Gasteiger partial charge in [0.25, 0.3) is 0 Å². The van der Waals surface area contributed by atoms with Gasteiger partial charge in [-0.2, -0.15) is 0 Å². The number of halogens is 1. The van der Waals surface area contributed by atoms with Crippen molar-refractivity contribution in [1.82, 2.24) is 5.43 Å². The Bertz CT molecular complexity index is 604. The summed E-state index contributed by atoms with van der Waals surface area (Å²) in [5, 5.41) is 0.479. The second kappa shape index (κ2) is 6.65. The van der Waals surface area contributed by atoms with E-state index in [1.165, 1.54) is 6.26 Å². The minimum Gasteiger partial charge on any atom is -0.271 e. The van der Waals surface area contributed by atoms with E-state index in [0.717, 1.165) is 35.4 Å². The van der Waals surface area contributed by atoms with E-state index in [9.17, 15) is 8.42 Å². The average molecular weight is 331 g/mol. The van der Waals surface area contributed by atoms with Crippen LogP contribution in [-0.2, 0) is 9.84 Å². The molecule has 3 N–H and O–H groups in total. The standard InChI is InChI=1S/C15H23ClN2O2S/c1-10-8-12(6-7-14(10)16)15(18-17)11-4-3-5-13(9-11)21(2,19)20/h6-8,11,13,15,18H,3-5,9,17H2,1-2H3. The number of nitrogens with one attached hydrogen (secondary N) is 1. The topological polar surface area (TPSA) is 72.2 Å². The number of aryl methyl sites for hydroxylation is 1. The van der Waals surface area contributed by atoms with Gasteiger partial charge in [-0.3, -0.25) is 11.3 Å². The van der Waals surface area contributed by atoms with Crippen LogP contribution in [0.15, 0.2) is 18.2 Å². The van der Waals surface area contributed by atoms with Crippen molar-refractivity contribution in [2.45, 2.75) is 43.9 Å². The molecule has 1 aliphatic rings. The summed E-state index contributed by atoms with van der Waals surface area (Å²) >= 11 is 6.07. The first-order chi connectivity index (χ1) is 9.82. The molecule has 0 aromatic heterocycles. The van der Waals surface area contributed by atoms with Crippen molar-refractivity contribution >= 4 is 21.4 Å². The van der Waals surface area contributed by atoms with Gasteiger partial charge in [0.15, 0.2) is 0 Å². The maximum Gasteiger partial charge on any atom is 0.150 e. The molecule has 0 heterocycles. The van der Waals surface area contributed by atoms with Crippen molar-refractivity contribution in [2.75, 3.05) is 6.26 Å². The quantitative estimate of drug-likeness (QED) is 0.657. The lowest BCUT2D eigenvalue weighted by atomic mass is 9.81. The van der Waals surface area contributed by atoms with Crippen LogP contribution in [0, 0.1) is 12.8 Å². The summed E-state index contributed by atoms with van der Waals surface area (Å²) in [5.74, 6) is 5.97. The Balaban J connectivity index is 2.22. The summed E-state index contributed by atoms with van der Waals surface area (Å²) in [7, 11) is -2.99. The highest BCUT2D eigenvalue weighted by Gasteiger charge is 2.33. The van der Waals surface area contributed by atoms with Crippen molar-refractivity contribution in [3.8, 4) is 0 Å². The van der Waals surface area contributed by atoms with Gasteiger partial charge in [0.1, 0.15) is 9.84 Å². The molecule has 4 nitrogen and oxygen atoms in total. The van der Waals surface area contributed by atoms with Crippen LogP contribution in [0.4, 0.5) is 0 Å². The molecular weight excluding hydrogens is 308 g/mol. The molecule has 1 aromatic carbocycles. The lowest BCUT2D eigenvalue weighted by molar-refractivity contribution is 0.274. The monoisotopic (exact) mass is 330 g/mol. The largest absolute Gasteiger partial charge is 0.271 e. The highest BCUT2D eigenvalue weighted by molar-refractivity contribution is 7.91. The molecule has 3 unspecified atom stereocenters. The number of hydrazine groups is 1. The predicted octanol–water partition coefficient (Wildman–Crippen LogP) is 2.76. The third-order valence-corrected chi connectivity index (χ3v) is 6.53. The van der Waals surface area contributed by atoms with E-state index in [1.807, 2.05) is 25.1 Å². The zero-order valence-corrected chi connectivity index (χ0v) is 14.0. The fourth-order valence-corrected chi connectivity index (χ4v) is 4.55. The van der Waals surface area contributed by atoms with Gasteiger partial charge in [-0.1, -0.05) is 30.2 Å². The molecule has 1 saturated carbocycles. The van der Waals surface area contributed by atoms with Gasteiger partial charge in [-0.05, 0) is 49.3 Å². The Labute approximate surface area is 131 Å². The van der Waals surface area contributed by atoms with Crippen LogP contribution in [0.3, 0.4) is 0 Å². The van der Waals surface area contributed by atoms with Gasteiger partial charge in [-0.25, -0.2) is 8.42 Å². The van der Waals surface area contributed by atoms with Gasteiger partial charge in [0.05, 0.1) is 5.25 Å². The molecule has 1 fully saturated rings. The first-order valence-corrected chi connectivity index (χ1v) is 9.57. The first-order valence-electron chi connectivity index (χ1n) is 7.24. The molecule has 0 bridgehead atoms. The Hall–Kier alpha value is -0.620. The minimum absolute atomic E-state index is 0.0366. The summed E-state index contributed by atoms with van der Waals surface area (Å²) < 4.78 is 23.6. The summed E-state index contributed by atoms with van der Waals surface area (Å²) in [6.07, 6.45) is 4.66. The van der Waals surface area contributed by atoms with Crippen LogP contribution in [0.1, 0.15) is 42.9 Å². The van der Waals surface area contributed by atoms with E-state index in [1.54, 1.807) is 0 Å². The van der Waals surface area contributed by atoms with Gasteiger partial charge in [0, 0.05) is 17.3 Å². The van der Waals surface area contributed by atoms with Crippen molar-refractivity contribution in [3.05, 3.63) is 34.3 Å². The first kappa shape index (κ1) is 16.7. The Kier molecular flexibility index (Phi) is 5.30. The van der Waals surface area contributed by atoms with E-state index in [4.69, 9.17) is 17.4 Å². The number of hydrogen-bond donors (Lipinski definition) is 2. The maximum atomic E-state index is 11.8. The summed E-state index contributed by atoms with van der Waals surface area (Å²) in [6.45, 7) is 1.96. The molecule has 0 saturated heterocycles. The van der Waals surface area contributed by atoms with Crippen LogP contribution in [0.25, 0.3) is 0 Å². The highest BCUT2D eigenvalue weighted by Crippen LogP contribution is 2.37. The van der Waals surface area contributed by atoms with Crippen molar-refractivity contribution < 1.29 is 8.42 Å². The summed E-state index contributed by atoms with van der Waals surface area (Å²) in [6, 6.07) is 5.82. The number of sulfone groups is 1. The smallest absolute Gasteiger partial charge is 0.150 e. The van der Waals surface area contributed by atoms with Crippen molar-refractivity contribution in [2.24, 2.45) is 11.8 Å². The number of nitrogens with two attached hydrogens (primary N) is 1. The summed E-state index contributed by atoms with van der Waals surface area (Å²) in [4.78, 5) is 0. The van der Waals surface area contributed by atoms with Gasteiger partial charge in [0.2, 0.25) is 0 Å². The zero-order chi connectivity index (χ0) is 15.6. The average Bonchev–Trinajstić information content (AvgIpc) is 2.43. The minimum atomic E-state index is -2.99. The van der Waals surface area contributed by atoms with Crippen LogP contribution < -0.4 is 11.3 Å². The molecule has 6 heteroatoms. The SMILES string of the molecule is Cc1cc(C(NN)C2CCCC(S(C)(=O)=O)C2)ccc1Cl. The van der Waals surface area contributed by atoms with E-state index < -0.39 is 9.84 Å². The van der Waals surface area contributed by atoms with Crippen LogP contribution in [-0.4, -0.2) is 19.9 Å². The van der Waals surface area contributed by atoms with Gasteiger partial charge in [-0.15, -0.1) is 0 Å². The lowest BCUT2D eigenvalue weighted by Gasteiger charge is -2.34. The number of benzene rings is 1. The van der Waals surface area contributed by atoms with E-state index in [0.29, 0.717) is 6.42 Å².